The van der Waals surface area contributed by atoms with Crippen LogP contribution < -0.4 is 14.2 Å². The van der Waals surface area contributed by atoms with Crippen LogP contribution >= 0.6 is 0 Å². The highest BCUT2D eigenvalue weighted by molar-refractivity contribution is 5.46. The monoisotopic (exact) mass is 346 g/mol. The summed E-state index contributed by atoms with van der Waals surface area (Å²) in [5.41, 5.74) is 0. The molecule has 1 atom stereocenters. The molecule has 4 rings (SSSR count). The van der Waals surface area contributed by atoms with E-state index in [0.717, 1.165) is 36.9 Å². The number of rotatable bonds is 6. The van der Waals surface area contributed by atoms with Crippen molar-refractivity contribution in [3.63, 3.8) is 0 Å². The van der Waals surface area contributed by atoms with Gasteiger partial charge in [-0.15, -0.1) is 10.2 Å². The van der Waals surface area contributed by atoms with Gasteiger partial charge in [0, 0.05) is 32.1 Å². The summed E-state index contributed by atoms with van der Waals surface area (Å²) < 4.78 is 18.4. The summed E-state index contributed by atoms with van der Waals surface area (Å²) in [7, 11) is 0. The normalized spacial score (nSPS) is 17.4. The molecular weight excluding hydrogens is 324 g/mol. The fourth-order valence-corrected chi connectivity index (χ4v) is 3.20. The SMILES string of the molecule is CCc1nnc2n1CCN(CC(O)COc1ccc3c(c1)OCO3)C2. The molecule has 0 spiro atoms. The van der Waals surface area contributed by atoms with Gasteiger partial charge in [0.1, 0.15) is 30.1 Å². The van der Waals surface area contributed by atoms with Crippen molar-refractivity contribution in [2.45, 2.75) is 32.5 Å². The predicted octanol–water partition coefficient (Wildman–Crippen LogP) is 0.825. The van der Waals surface area contributed by atoms with Crippen LogP contribution in [0.3, 0.4) is 0 Å². The van der Waals surface area contributed by atoms with Gasteiger partial charge in [-0.05, 0) is 12.1 Å². The first-order valence-corrected chi connectivity index (χ1v) is 8.56. The number of nitrogens with zero attached hydrogens (tertiary/aromatic N) is 4. The maximum atomic E-state index is 10.3. The number of hydrogen-bond acceptors (Lipinski definition) is 7. The first kappa shape index (κ1) is 16.2. The van der Waals surface area contributed by atoms with E-state index in [4.69, 9.17) is 14.2 Å². The highest BCUT2D eigenvalue weighted by Crippen LogP contribution is 2.35. The second-order valence-electron chi connectivity index (χ2n) is 6.25. The molecule has 25 heavy (non-hydrogen) atoms. The predicted molar refractivity (Wildman–Crippen MR) is 88.7 cm³/mol. The van der Waals surface area contributed by atoms with E-state index in [9.17, 15) is 5.11 Å². The Balaban J connectivity index is 1.28. The Bertz CT molecular complexity index is 748. The van der Waals surface area contributed by atoms with Crippen molar-refractivity contribution in [3.05, 3.63) is 29.8 Å². The largest absolute Gasteiger partial charge is 0.491 e. The Kier molecular flexibility index (Phi) is 4.46. The summed E-state index contributed by atoms with van der Waals surface area (Å²) in [5, 5.41) is 18.7. The van der Waals surface area contributed by atoms with Gasteiger partial charge in [0.05, 0.1) is 6.54 Å². The van der Waals surface area contributed by atoms with Gasteiger partial charge in [-0.25, -0.2) is 0 Å². The van der Waals surface area contributed by atoms with Crippen molar-refractivity contribution in [2.75, 3.05) is 26.5 Å². The Morgan fingerprint density at radius 1 is 1.24 bits per heavy atom. The van der Waals surface area contributed by atoms with Crippen LogP contribution in [-0.4, -0.2) is 57.4 Å². The minimum Gasteiger partial charge on any atom is -0.491 e. The summed E-state index contributed by atoms with van der Waals surface area (Å²) in [6.45, 7) is 5.53. The van der Waals surface area contributed by atoms with Crippen LogP contribution in [0.2, 0.25) is 0 Å². The van der Waals surface area contributed by atoms with E-state index in [1.807, 2.05) is 12.1 Å². The fraction of sp³-hybridized carbons (Fsp3) is 0.529. The minimum atomic E-state index is -0.578. The van der Waals surface area contributed by atoms with Crippen molar-refractivity contribution >= 4 is 0 Å². The van der Waals surface area contributed by atoms with Gasteiger partial charge < -0.3 is 23.9 Å². The van der Waals surface area contributed by atoms with Crippen molar-refractivity contribution < 1.29 is 19.3 Å². The number of hydrogen-bond donors (Lipinski definition) is 1. The lowest BCUT2D eigenvalue weighted by atomic mass is 10.2. The van der Waals surface area contributed by atoms with E-state index in [2.05, 4.69) is 26.6 Å². The van der Waals surface area contributed by atoms with E-state index in [0.29, 0.717) is 24.6 Å². The molecule has 0 bridgehead atoms. The number of aromatic nitrogens is 3. The molecule has 0 amide bonds. The summed E-state index contributed by atoms with van der Waals surface area (Å²) >= 11 is 0. The van der Waals surface area contributed by atoms with Crippen LogP contribution in [0.15, 0.2) is 18.2 Å². The number of benzene rings is 1. The molecule has 2 aromatic rings. The Morgan fingerprint density at radius 3 is 3.00 bits per heavy atom. The number of ether oxygens (including phenoxy) is 3. The van der Waals surface area contributed by atoms with Crippen LogP contribution in [0.1, 0.15) is 18.6 Å². The van der Waals surface area contributed by atoms with Gasteiger partial charge in [0.15, 0.2) is 11.5 Å². The molecule has 8 heteroatoms. The second kappa shape index (κ2) is 6.89. The maximum Gasteiger partial charge on any atom is 0.231 e. The average molecular weight is 346 g/mol. The zero-order chi connectivity index (χ0) is 17.2. The summed E-state index contributed by atoms with van der Waals surface area (Å²) in [4.78, 5) is 2.18. The zero-order valence-corrected chi connectivity index (χ0v) is 14.2. The van der Waals surface area contributed by atoms with Gasteiger partial charge in [0.25, 0.3) is 0 Å². The number of aryl methyl sites for hydroxylation is 1. The van der Waals surface area contributed by atoms with E-state index >= 15 is 0 Å². The van der Waals surface area contributed by atoms with E-state index in [1.165, 1.54) is 0 Å². The number of fused-ring (bicyclic) bond motifs is 2. The summed E-state index contributed by atoms with van der Waals surface area (Å²) in [5.74, 6) is 4.05. The summed E-state index contributed by atoms with van der Waals surface area (Å²) in [6, 6.07) is 5.41. The average Bonchev–Trinajstić information content (AvgIpc) is 3.25. The smallest absolute Gasteiger partial charge is 0.231 e. The molecule has 134 valence electrons. The van der Waals surface area contributed by atoms with Crippen LogP contribution in [0.25, 0.3) is 0 Å². The zero-order valence-electron chi connectivity index (χ0n) is 14.2. The van der Waals surface area contributed by atoms with E-state index in [-0.39, 0.29) is 13.4 Å². The van der Waals surface area contributed by atoms with Gasteiger partial charge in [-0.2, -0.15) is 0 Å². The Hall–Kier alpha value is -2.32. The van der Waals surface area contributed by atoms with Gasteiger partial charge >= 0.3 is 0 Å². The van der Waals surface area contributed by atoms with Crippen LogP contribution in [-0.2, 0) is 19.5 Å². The van der Waals surface area contributed by atoms with Crippen LogP contribution in [0, 0.1) is 0 Å². The topological polar surface area (TPSA) is 81.9 Å². The number of β-amino-alcohol motifs (C(OH)–C–C–N with tert-alkyl or cyclic N) is 1. The second-order valence-corrected chi connectivity index (χ2v) is 6.25. The van der Waals surface area contributed by atoms with Crippen LogP contribution in [0.4, 0.5) is 0 Å². The molecule has 8 nitrogen and oxygen atoms in total. The standard InChI is InChI=1S/C17H22N4O4/c1-2-16-18-19-17-9-20(5-6-21(16)17)8-12(22)10-23-13-3-4-14-15(7-13)25-11-24-14/h3-4,7,12,22H,2,5-6,8-11H2,1H3. The number of aliphatic hydroxyl groups is 1. The minimum absolute atomic E-state index is 0.225. The Morgan fingerprint density at radius 2 is 2.12 bits per heavy atom. The molecule has 1 unspecified atom stereocenters. The molecule has 0 saturated heterocycles. The van der Waals surface area contributed by atoms with E-state index in [1.54, 1.807) is 6.07 Å². The molecule has 0 aliphatic carbocycles. The van der Waals surface area contributed by atoms with Gasteiger partial charge in [-0.3, -0.25) is 4.90 Å². The lowest BCUT2D eigenvalue weighted by molar-refractivity contribution is 0.0581. The molecule has 3 heterocycles. The Labute approximate surface area is 145 Å². The van der Waals surface area contributed by atoms with E-state index < -0.39 is 6.10 Å². The molecule has 2 aliphatic rings. The fourth-order valence-electron chi connectivity index (χ4n) is 3.20. The van der Waals surface area contributed by atoms with Gasteiger partial charge in [-0.1, -0.05) is 6.92 Å². The molecule has 0 fully saturated rings. The van der Waals surface area contributed by atoms with Crippen molar-refractivity contribution in [3.8, 4) is 17.2 Å². The highest BCUT2D eigenvalue weighted by Gasteiger charge is 2.22. The molecular formula is C17H22N4O4. The van der Waals surface area contributed by atoms with Crippen molar-refractivity contribution in [1.29, 1.82) is 0 Å². The molecule has 2 aliphatic heterocycles. The lowest BCUT2D eigenvalue weighted by Crippen LogP contribution is -2.40. The third kappa shape index (κ3) is 3.40. The van der Waals surface area contributed by atoms with Crippen LogP contribution in [0.5, 0.6) is 17.2 Å². The molecule has 1 aromatic carbocycles. The van der Waals surface area contributed by atoms with Gasteiger partial charge in [0.2, 0.25) is 6.79 Å². The maximum absolute atomic E-state index is 10.3. The molecule has 0 radical (unpaired) electrons. The quantitative estimate of drug-likeness (QED) is 0.829. The molecule has 1 N–H and O–H groups in total. The van der Waals surface area contributed by atoms with Crippen molar-refractivity contribution in [1.82, 2.24) is 19.7 Å². The first-order valence-electron chi connectivity index (χ1n) is 8.56. The third-order valence-electron chi connectivity index (χ3n) is 4.48. The molecule has 1 aromatic heterocycles. The first-order chi connectivity index (χ1) is 12.2. The number of aliphatic hydroxyl groups excluding tert-OH is 1. The third-order valence-corrected chi connectivity index (χ3v) is 4.48. The molecule has 0 saturated carbocycles. The lowest BCUT2D eigenvalue weighted by Gasteiger charge is -2.29. The summed E-state index contributed by atoms with van der Waals surface area (Å²) in [6.07, 6.45) is 0.310. The highest BCUT2D eigenvalue weighted by atomic mass is 16.7. The van der Waals surface area contributed by atoms with Crippen molar-refractivity contribution in [2.24, 2.45) is 0 Å².